The SMILES string of the molecule is CCOC(=O)CCn1c(=NC(=O)c2cc(Cl)sc2Cl)sc2cc(S(N)(=O)=O)ccc21. The lowest BCUT2D eigenvalue weighted by molar-refractivity contribution is -0.143. The van der Waals surface area contributed by atoms with Gasteiger partial charge in [-0.05, 0) is 31.2 Å². The van der Waals surface area contributed by atoms with E-state index in [-0.39, 0.29) is 39.2 Å². The van der Waals surface area contributed by atoms with Crippen LogP contribution in [0, 0.1) is 0 Å². The predicted molar refractivity (Wildman–Crippen MR) is 117 cm³/mol. The maximum absolute atomic E-state index is 12.6. The second-order valence-corrected chi connectivity index (χ2v) is 10.8. The van der Waals surface area contributed by atoms with Crippen molar-refractivity contribution in [2.75, 3.05) is 6.61 Å². The van der Waals surface area contributed by atoms with Gasteiger partial charge in [0.15, 0.2) is 4.80 Å². The fourth-order valence-electron chi connectivity index (χ4n) is 2.60. The predicted octanol–water partition coefficient (Wildman–Crippen LogP) is 3.41. The molecule has 30 heavy (non-hydrogen) atoms. The molecule has 8 nitrogen and oxygen atoms in total. The van der Waals surface area contributed by atoms with Crippen LogP contribution in [0.1, 0.15) is 23.7 Å². The highest BCUT2D eigenvalue weighted by Crippen LogP contribution is 2.31. The van der Waals surface area contributed by atoms with Crippen LogP contribution in [0.3, 0.4) is 0 Å². The first-order valence-corrected chi connectivity index (χ1v) is 12.4. The minimum Gasteiger partial charge on any atom is -0.466 e. The average molecular weight is 508 g/mol. The minimum atomic E-state index is -3.90. The van der Waals surface area contributed by atoms with Crippen LogP contribution in [-0.2, 0) is 26.1 Å². The Labute approximate surface area is 189 Å². The molecule has 3 rings (SSSR count). The normalized spacial score (nSPS) is 12.5. The van der Waals surface area contributed by atoms with Crippen molar-refractivity contribution >= 4 is 78.0 Å². The maximum Gasteiger partial charge on any atom is 0.307 e. The van der Waals surface area contributed by atoms with Gasteiger partial charge in [-0.15, -0.1) is 11.3 Å². The van der Waals surface area contributed by atoms with E-state index in [2.05, 4.69) is 4.99 Å². The maximum atomic E-state index is 12.6. The summed E-state index contributed by atoms with van der Waals surface area (Å²) >= 11 is 14.1. The van der Waals surface area contributed by atoms with Crippen LogP contribution in [0.25, 0.3) is 10.2 Å². The fraction of sp³-hybridized carbons (Fsp3) is 0.235. The number of aryl methyl sites for hydroxylation is 1. The fourth-order valence-corrected chi connectivity index (χ4v) is 5.76. The second kappa shape index (κ2) is 9.16. The largest absolute Gasteiger partial charge is 0.466 e. The molecule has 2 N–H and O–H groups in total. The van der Waals surface area contributed by atoms with Crippen LogP contribution < -0.4 is 9.94 Å². The van der Waals surface area contributed by atoms with Gasteiger partial charge in [0.05, 0.1) is 38.0 Å². The molecule has 2 heterocycles. The van der Waals surface area contributed by atoms with Crippen molar-refractivity contribution in [2.45, 2.75) is 24.8 Å². The van der Waals surface area contributed by atoms with E-state index in [1.165, 1.54) is 18.2 Å². The molecule has 0 radical (unpaired) electrons. The van der Waals surface area contributed by atoms with Crippen LogP contribution in [0.2, 0.25) is 8.67 Å². The topological polar surface area (TPSA) is 121 Å². The summed E-state index contributed by atoms with van der Waals surface area (Å²) in [7, 11) is -3.90. The van der Waals surface area contributed by atoms with Crippen molar-refractivity contribution in [1.29, 1.82) is 0 Å². The van der Waals surface area contributed by atoms with Gasteiger partial charge in [-0.25, -0.2) is 13.6 Å². The monoisotopic (exact) mass is 507 g/mol. The van der Waals surface area contributed by atoms with Gasteiger partial charge in [0, 0.05) is 6.54 Å². The van der Waals surface area contributed by atoms with Crippen LogP contribution in [0.4, 0.5) is 0 Å². The quantitative estimate of drug-likeness (QED) is 0.512. The van der Waals surface area contributed by atoms with Gasteiger partial charge in [0.25, 0.3) is 5.91 Å². The lowest BCUT2D eigenvalue weighted by Gasteiger charge is -2.06. The number of hydrogen-bond acceptors (Lipinski definition) is 7. The number of carbonyl (C=O) groups excluding carboxylic acids is 2. The van der Waals surface area contributed by atoms with Gasteiger partial charge >= 0.3 is 5.97 Å². The Kier molecular flexibility index (Phi) is 7.00. The van der Waals surface area contributed by atoms with Gasteiger partial charge in [0.1, 0.15) is 4.34 Å². The number of esters is 1. The Bertz CT molecular complexity index is 1310. The second-order valence-electron chi connectivity index (χ2n) is 5.92. The highest BCUT2D eigenvalue weighted by Gasteiger charge is 2.17. The molecule has 0 aliphatic heterocycles. The summed E-state index contributed by atoms with van der Waals surface area (Å²) in [5.41, 5.74) is 0.754. The third kappa shape index (κ3) is 5.10. The van der Waals surface area contributed by atoms with Gasteiger partial charge in [-0.2, -0.15) is 4.99 Å². The van der Waals surface area contributed by atoms with Gasteiger partial charge < -0.3 is 9.30 Å². The summed E-state index contributed by atoms with van der Waals surface area (Å²) < 4.78 is 31.0. The zero-order valence-corrected chi connectivity index (χ0v) is 19.4. The van der Waals surface area contributed by atoms with E-state index >= 15 is 0 Å². The molecule has 0 saturated carbocycles. The summed E-state index contributed by atoms with van der Waals surface area (Å²) in [6.45, 7) is 2.13. The number of aromatic nitrogens is 1. The molecule has 0 bridgehead atoms. The number of nitrogens with zero attached hydrogens (tertiary/aromatic N) is 2. The molecule has 0 aliphatic rings. The Balaban J connectivity index is 2.12. The van der Waals surface area contributed by atoms with Crippen LogP contribution in [-0.4, -0.2) is 31.5 Å². The van der Waals surface area contributed by atoms with Crippen molar-refractivity contribution in [1.82, 2.24) is 4.57 Å². The summed E-state index contributed by atoms with van der Waals surface area (Å²) in [6, 6.07) is 5.73. The molecule has 2 aromatic heterocycles. The molecule has 1 aromatic carbocycles. The zero-order chi connectivity index (χ0) is 22.1. The average Bonchev–Trinajstić information content (AvgIpc) is 3.17. The standard InChI is InChI=1S/C17H15Cl2N3O5S3/c1-2-27-14(23)5-6-22-11-4-3-9(30(20,25)26)7-12(11)28-17(22)21-16(24)10-8-13(18)29-15(10)19/h3-4,7-8H,2,5-6H2,1H3,(H2,20,25,26). The number of halogens is 2. The van der Waals surface area contributed by atoms with E-state index in [4.69, 9.17) is 33.1 Å². The Morgan fingerprint density at radius 3 is 2.57 bits per heavy atom. The van der Waals surface area contributed by atoms with E-state index < -0.39 is 21.9 Å². The first-order valence-electron chi connectivity index (χ1n) is 8.46. The number of nitrogens with two attached hydrogens (primary N) is 1. The van der Waals surface area contributed by atoms with Crippen LogP contribution >= 0.6 is 45.9 Å². The van der Waals surface area contributed by atoms with E-state index in [9.17, 15) is 18.0 Å². The number of amides is 1. The van der Waals surface area contributed by atoms with E-state index in [1.807, 2.05) is 0 Å². The molecule has 0 unspecified atom stereocenters. The molecule has 0 spiro atoms. The summed E-state index contributed by atoms with van der Waals surface area (Å²) in [5, 5.41) is 5.21. The Morgan fingerprint density at radius 2 is 1.97 bits per heavy atom. The number of primary sulfonamides is 1. The van der Waals surface area contributed by atoms with Crippen molar-refractivity contribution in [2.24, 2.45) is 10.1 Å². The zero-order valence-electron chi connectivity index (χ0n) is 15.4. The highest BCUT2D eigenvalue weighted by molar-refractivity contribution is 7.89. The minimum absolute atomic E-state index is 0.0447. The molecule has 160 valence electrons. The number of sulfonamides is 1. The van der Waals surface area contributed by atoms with Crippen LogP contribution in [0.5, 0.6) is 0 Å². The molecule has 3 aromatic rings. The number of carbonyl (C=O) groups is 2. The molecule has 13 heteroatoms. The number of thiazole rings is 1. The highest BCUT2D eigenvalue weighted by atomic mass is 35.5. The van der Waals surface area contributed by atoms with Gasteiger partial charge in [-0.1, -0.05) is 34.5 Å². The molecule has 1 amide bonds. The molecule has 0 fully saturated rings. The lowest BCUT2D eigenvalue weighted by Crippen LogP contribution is -2.19. The Hall–Kier alpha value is -1.76. The third-order valence-electron chi connectivity index (χ3n) is 3.91. The van der Waals surface area contributed by atoms with Crippen molar-refractivity contribution in [3.05, 3.63) is 43.3 Å². The molecule has 0 saturated heterocycles. The van der Waals surface area contributed by atoms with E-state index in [1.54, 1.807) is 17.6 Å². The van der Waals surface area contributed by atoms with Crippen molar-refractivity contribution < 1.29 is 22.7 Å². The van der Waals surface area contributed by atoms with Crippen molar-refractivity contribution in [3.8, 4) is 0 Å². The lowest BCUT2D eigenvalue weighted by atomic mass is 10.3. The number of rotatable bonds is 6. The number of ether oxygens (including phenoxy) is 1. The van der Waals surface area contributed by atoms with Gasteiger partial charge in [-0.3, -0.25) is 9.59 Å². The number of fused-ring (bicyclic) bond motifs is 1. The molecule has 0 atom stereocenters. The summed E-state index contributed by atoms with van der Waals surface area (Å²) in [5.74, 6) is -1.01. The molecule has 0 aliphatic carbocycles. The van der Waals surface area contributed by atoms with Crippen LogP contribution in [0.15, 0.2) is 34.2 Å². The van der Waals surface area contributed by atoms with E-state index in [0.717, 1.165) is 22.7 Å². The van der Waals surface area contributed by atoms with Gasteiger partial charge in [0.2, 0.25) is 10.0 Å². The number of thiophene rings is 1. The number of hydrogen-bond donors (Lipinski definition) is 1. The van der Waals surface area contributed by atoms with E-state index in [0.29, 0.717) is 14.6 Å². The summed E-state index contributed by atoms with van der Waals surface area (Å²) in [4.78, 5) is 28.8. The Morgan fingerprint density at radius 1 is 1.23 bits per heavy atom. The smallest absolute Gasteiger partial charge is 0.307 e. The first-order chi connectivity index (χ1) is 14.1. The summed E-state index contributed by atoms with van der Waals surface area (Å²) in [6.07, 6.45) is 0.0447. The first kappa shape index (κ1) is 22.9. The van der Waals surface area contributed by atoms with Crippen molar-refractivity contribution in [3.63, 3.8) is 0 Å². The number of benzene rings is 1. The third-order valence-corrected chi connectivity index (χ3v) is 7.35. The molecular formula is C17H15Cl2N3O5S3. The molecular weight excluding hydrogens is 493 g/mol.